The Balaban J connectivity index is 2.59. The fourth-order valence-electron chi connectivity index (χ4n) is 0.899. The van der Waals surface area contributed by atoms with E-state index in [2.05, 4.69) is 15.3 Å². The van der Waals surface area contributed by atoms with Gasteiger partial charge < -0.3 is 10.1 Å². The highest BCUT2D eigenvalue weighted by Crippen LogP contribution is 2.09. The average molecular weight is 181 g/mol. The lowest BCUT2D eigenvalue weighted by atomic mass is 10.5. The summed E-state index contributed by atoms with van der Waals surface area (Å²) >= 11 is 0. The molecule has 0 aliphatic carbocycles. The summed E-state index contributed by atoms with van der Waals surface area (Å²) in [5.41, 5.74) is 0. The molecule has 0 radical (unpaired) electrons. The van der Waals surface area contributed by atoms with E-state index in [1.807, 2.05) is 20.8 Å². The lowest BCUT2D eigenvalue weighted by molar-refractivity contribution is 0.240. The molecule has 4 heteroatoms. The van der Waals surface area contributed by atoms with Crippen LogP contribution in [-0.4, -0.2) is 22.6 Å². The van der Waals surface area contributed by atoms with Crippen LogP contribution in [0, 0.1) is 0 Å². The van der Waals surface area contributed by atoms with Gasteiger partial charge in [0, 0.05) is 6.54 Å². The summed E-state index contributed by atoms with van der Waals surface area (Å²) in [5, 5.41) is 3.01. The molecule has 13 heavy (non-hydrogen) atoms. The Morgan fingerprint density at radius 2 is 2.00 bits per heavy atom. The first-order valence-electron chi connectivity index (χ1n) is 4.45. The molecule has 0 aromatic carbocycles. The minimum absolute atomic E-state index is 0.161. The van der Waals surface area contributed by atoms with E-state index < -0.39 is 0 Å². The second-order valence-electron chi connectivity index (χ2n) is 2.94. The Morgan fingerprint density at radius 3 is 2.46 bits per heavy atom. The number of nitrogens with zero attached hydrogens (tertiary/aromatic N) is 2. The number of rotatable bonds is 4. The number of hydrogen-bond acceptors (Lipinski definition) is 4. The molecule has 0 amide bonds. The molecule has 0 unspecified atom stereocenters. The normalized spacial score (nSPS) is 10.2. The first-order valence-corrected chi connectivity index (χ1v) is 4.45. The molecule has 72 valence electrons. The number of hydrogen-bond donors (Lipinski definition) is 1. The van der Waals surface area contributed by atoms with Crippen LogP contribution >= 0.6 is 0 Å². The number of aromatic nitrogens is 2. The van der Waals surface area contributed by atoms with Crippen molar-refractivity contribution in [3.05, 3.63) is 12.4 Å². The number of ether oxygens (including phenoxy) is 1. The van der Waals surface area contributed by atoms with Crippen molar-refractivity contribution in [2.75, 3.05) is 11.9 Å². The third-order valence-electron chi connectivity index (χ3n) is 1.33. The van der Waals surface area contributed by atoms with Crippen LogP contribution in [0.25, 0.3) is 0 Å². The topological polar surface area (TPSA) is 47.0 Å². The van der Waals surface area contributed by atoms with Gasteiger partial charge in [-0.15, -0.1) is 0 Å². The van der Waals surface area contributed by atoms with Crippen molar-refractivity contribution in [3.8, 4) is 5.75 Å². The average Bonchev–Trinajstić information content (AvgIpc) is 2.08. The predicted octanol–water partition coefficient (Wildman–Crippen LogP) is 1.70. The van der Waals surface area contributed by atoms with Gasteiger partial charge in [-0.3, -0.25) is 0 Å². The molecule has 0 bridgehead atoms. The van der Waals surface area contributed by atoms with Crippen LogP contribution in [0.15, 0.2) is 12.4 Å². The van der Waals surface area contributed by atoms with Crippen LogP contribution in [0.4, 0.5) is 5.95 Å². The second kappa shape index (κ2) is 4.64. The first-order chi connectivity index (χ1) is 6.22. The molecule has 0 aliphatic heterocycles. The molecule has 4 nitrogen and oxygen atoms in total. The van der Waals surface area contributed by atoms with Crippen molar-refractivity contribution in [2.24, 2.45) is 0 Å². The number of nitrogens with one attached hydrogen (secondary N) is 1. The third kappa shape index (κ3) is 3.27. The Kier molecular flexibility index (Phi) is 3.49. The summed E-state index contributed by atoms with van der Waals surface area (Å²) in [4.78, 5) is 8.15. The lowest BCUT2D eigenvalue weighted by Gasteiger charge is -2.08. The van der Waals surface area contributed by atoms with Crippen molar-refractivity contribution in [1.29, 1.82) is 0 Å². The van der Waals surface area contributed by atoms with Gasteiger partial charge in [0.15, 0.2) is 5.75 Å². The minimum Gasteiger partial charge on any atom is -0.488 e. The van der Waals surface area contributed by atoms with Gasteiger partial charge >= 0.3 is 0 Å². The van der Waals surface area contributed by atoms with Crippen LogP contribution in [0.5, 0.6) is 5.75 Å². The van der Waals surface area contributed by atoms with Gasteiger partial charge in [0.2, 0.25) is 5.95 Å². The predicted molar refractivity (Wildman–Crippen MR) is 52.0 cm³/mol. The van der Waals surface area contributed by atoms with Crippen LogP contribution in [0.2, 0.25) is 0 Å². The molecule has 0 atom stereocenters. The van der Waals surface area contributed by atoms with Crippen molar-refractivity contribution >= 4 is 5.95 Å². The zero-order valence-electron chi connectivity index (χ0n) is 8.24. The zero-order chi connectivity index (χ0) is 9.68. The van der Waals surface area contributed by atoms with Crippen molar-refractivity contribution in [3.63, 3.8) is 0 Å². The summed E-state index contributed by atoms with van der Waals surface area (Å²) in [7, 11) is 0. The summed E-state index contributed by atoms with van der Waals surface area (Å²) in [6.07, 6.45) is 3.50. The maximum absolute atomic E-state index is 5.39. The molecular weight excluding hydrogens is 166 g/mol. The molecule has 1 aromatic heterocycles. The quantitative estimate of drug-likeness (QED) is 0.768. The van der Waals surface area contributed by atoms with E-state index in [0.717, 1.165) is 6.54 Å². The molecule has 0 saturated carbocycles. The zero-order valence-corrected chi connectivity index (χ0v) is 8.24. The standard InChI is InChI=1S/C9H15N3O/c1-4-10-9-11-5-8(6-12-9)13-7(2)3/h5-7H,4H2,1-3H3,(H,10,11,12). The van der Waals surface area contributed by atoms with Gasteiger partial charge in [-0.25, -0.2) is 9.97 Å². The van der Waals surface area contributed by atoms with Crippen molar-refractivity contribution in [2.45, 2.75) is 26.9 Å². The molecule has 1 heterocycles. The van der Waals surface area contributed by atoms with Gasteiger partial charge in [0.05, 0.1) is 18.5 Å². The highest BCUT2D eigenvalue weighted by molar-refractivity contribution is 5.26. The van der Waals surface area contributed by atoms with Gasteiger partial charge in [-0.2, -0.15) is 0 Å². The maximum atomic E-state index is 5.39. The summed E-state index contributed by atoms with van der Waals surface area (Å²) < 4.78 is 5.39. The van der Waals surface area contributed by atoms with Crippen molar-refractivity contribution in [1.82, 2.24) is 9.97 Å². The molecule has 1 aromatic rings. The monoisotopic (exact) mass is 181 g/mol. The molecule has 0 saturated heterocycles. The van der Waals surface area contributed by atoms with E-state index in [4.69, 9.17) is 4.74 Å². The molecule has 0 fully saturated rings. The summed E-state index contributed by atoms with van der Waals surface area (Å²) in [5.74, 6) is 1.34. The molecule has 1 N–H and O–H groups in total. The maximum Gasteiger partial charge on any atom is 0.222 e. The van der Waals surface area contributed by atoms with Gasteiger partial charge in [0.25, 0.3) is 0 Å². The fourth-order valence-corrected chi connectivity index (χ4v) is 0.899. The molecule has 0 aliphatic rings. The fraction of sp³-hybridized carbons (Fsp3) is 0.556. The summed E-state index contributed by atoms with van der Waals surface area (Å²) in [6.45, 7) is 6.77. The number of anilines is 1. The second-order valence-corrected chi connectivity index (χ2v) is 2.94. The minimum atomic E-state index is 0.161. The molecular formula is C9H15N3O. The largest absolute Gasteiger partial charge is 0.488 e. The highest BCUT2D eigenvalue weighted by atomic mass is 16.5. The van der Waals surface area contributed by atoms with Gasteiger partial charge in [0.1, 0.15) is 0 Å². The smallest absolute Gasteiger partial charge is 0.222 e. The van der Waals surface area contributed by atoms with E-state index >= 15 is 0 Å². The Labute approximate surface area is 78.4 Å². The molecule has 1 rings (SSSR count). The van der Waals surface area contributed by atoms with E-state index in [-0.39, 0.29) is 6.10 Å². The van der Waals surface area contributed by atoms with Gasteiger partial charge in [-0.1, -0.05) is 0 Å². The third-order valence-corrected chi connectivity index (χ3v) is 1.33. The molecule has 0 spiro atoms. The highest BCUT2D eigenvalue weighted by Gasteiger charge is 1.98. The Hall–Kier alpha value is -1.32. The van der Waals surface area contributed by atoms with Crippen LogP contribution in [0.3, 0.4) is 0 Å². The van der Waals surface area contributed by atoms with Crippen molar-refractivity contribution < 1.29 is 4.74 Å². The first kappa shape index (κ1) is 9.77. The van der Waals surface area contributed by atoms with Gasteiger partial charge in [-0.05, 0) is 20.8 Å². The van der Waals surface area contributed by atoms with E-state index in [1.165, 1.54) is 0 Å². The van der Waals surface area contributed by atoms with Crippen LogP contribution < -0.4 is 10.1 Å². The van der Waals surface area contributed by atoms with E-state index in [0.29, 0.717) is 11.7 Å². The SMILES string of the molecule is CCNc1ncc(OC(C)C)cn1. The Bertz CT molecular complexity index is 246. The van der Waals surface area contributed by atoms with Crippen LogP contribution in [0.1, 0.15) is 20.8 Å². The van der Waals surface area contributed by atoms with E-state index in [9.17, 15) is 0 Å². The lowest BCUT2D eigenvalue weighted by Crippen LogP contribution is -2.07. The summed E-state index contributed by atoms with van der Waals surface area (Å²) in [6, 6.07) is 0. The van der Waals surface area contributed by atoms with E-state index in [1.54, 1.807) is 12.4 Å². The van der Waals surface area contributed by atoms with Crippen LogP contribution in [-0.2, 0) is 0 Å². The Morgan fingerprint density at radius 1 is 1.38 bits per heavy atom.